The Labute approximate surface area is 92.7 Å². The average Bonchev–Trinajstić information content (AvgIpc) is 2.17. The zero-order valence-electron chi connectivity index (χ0n) is 9.79. The largest absolute Gasteiger partial charge is 0.330 e. The summed E-state index contributed by atoms with van der Waals surface area (Å²) in [7, 11) is 0. The van der Waals surface area contributed by atoms with Gasteiger partial charge in [0.25, 0.3) is 0 Å². The molecule has 0 aliphatic heterocycles. The van der Waals surface area contributed by atoms with Gasteiger partial charge in [-0.1, -0.05) is 44.5 Å². The van der Waals surface area contributed by atoms with Gasteiger partial charge in [-0.25, -0.2) is 0 Å². The van der Waals surface area contributed by atoms with E-state index in [1.165, 1.54) is 30.4 Å². The van der Waals surface area contributed by atoms with Crippen molar-refractivity contribution in [1.29, 1.82) is 0 Å². The van der Waals surface area contributed by atoms with Crippen LogP contribution in [-0.2, 0) is 5.41 Å². The maximum atomic E-state index is 5.97. The molecule has 2 rings (SSSR count). The van der Waals surface area contributed by atoms with Crippen LogP contribution < -0.4 is 5.73 Å². The first kappa shape index (κ1) is 10.7. The molecule has 0 spiro atoms. The highest BCUT2D eigenvalue weighted by atomic mass is 14.6. The van der Waals surface area contributed by atoms with Crippen molar-refractivity contribution in [2.75, 3.05) is 6.54 Å². The molecule has 15 heavy (non-hydrogen) atoms. The Morgan fingerprint density at radius 1 is 1.27 bits per heavy atom. The average molecular weight is 203 g/mol. The minimum atomic E-state index is 0.306. The van der Waals surface area contributed by atoms with Crippen molar-refractivity contribution in [3.8, 4) is 0 Å². The molecule has 0 unspecified atom stereocenters. The molecule has 1 heteroatoms. The van der Waals surface area contributed by atoms with Crippen molar-refractivity contribution < 1.29 is 0 Å². The molecule has 0 bridgehead atoms. The molecule has 0 amide bonds. The second-order valence-corrected chi connectivity index (χ2v) is 5.08. The summed E-state index contributed by atoms with van der Waals surface area (Å²) in [5.41, 5.74) is 9.27. The molecule has 1 aliphatic carbocycles. The number of nitrogens with two attached hydrogens (primary N) is 1. The quantitative estimate of drug-likeness (QED) is 0.802. The number of hydrogen-bond acceptors (Lipinski definition) is 1. The van der Waals surface area contributed by atoms with E-state index in [0.717, 1.165) is 6.54 Å². The van der Waals surface area contributed by atoms with E-state index in [1.54, 1.807) is 0 Å². The molecule has 1 aromatic carbocycles. The van der Waals surface area contributed by atoms with Gasteiger partial charge >= 0.3 is 0 Å². The molecule has 1 aliphatic rings. The second kappa shape index (κ2) is 3.97. The van der Waals surface area contributed by atoms with Gasteiger partial charge in [-0.15, -0.1) is 0 Å². The van der Waals surface area contributed by atoms with Gasteiger partial charge in [0.05, 0.1) is 0 Å². The Morgan fingerprint density at radius 2 is 1.93 bits per heavy atom. The second-order valence-electron chi connectivity index (χ2n) is 5.08. The van der Waals surface area contributed by atoms with Gasteiger partial charge in [0.1, 0.15) is 0 Å². The molecule has 1 aromatic rings. The van der Waals surface area contributed by atoms with Gasteiger partial charge < -0.3 is 5.73 Å². The zero-order chi connectivity index (χ0) is 10.9. The molecule has 0 saturated heterocycles. The summed E-state index contributed by atoms with van der Waals surface area (Å²) >= 11 is 0. The third-order valence-electron chi connectivity index (χ3n) is 3.86. The zero-order valence-corrected chi connectivity index (χ0v) is 9.79. The highest BCUT2D eigenvalue weighted by Gasteiger charge is 2.38. The maximum absolute atomic E-state index is 5.97. The summed E-state index contributed by atoms with van der Waals surface area (Å²) in [6, 6.07) is 8.83. The van der Waals surface area contributed by atoms with Crippen LogP contribution in [0.5, 0.6) is 0 Å². The van der Waals surface area contributed by atoms with Crippen LogP contribution >= 0.6 is 0 Å². The fraction of sp³-hybridized carbons (Fsp3) is 0.571. The summed E-state index contributed by atoms with van der Waals surface area (Å²) in [5.74, 6) is 0.602. The van der Waals surface area contributed by atoms with Crippen molar-refractivity contribution >= 4 is 0 Å². The molecule has 1 nitrogen and oxygen atoms in total. The van der Waals surface area contributed by atoms with E-state index in [1.807, 2.05) is 0 Å². The Bertz CT molecular complexity index is 331. The smallest absolute Gasteiger partial charge is 0.00784 e. The topological polar surface area (TPSA) is 26.0 Å². The first-order valence-electron chi connectivity index (χ1n) is 5.99. The monoisotopic (exact) mass is 203 g/mol. The predicted molar refractivity (Wildman–Crippen MR) is 65.1 cm³/mol. The Morgan fingerprint density at radius 3 is 2.40 bits per heavy atom. The lowest BCUT2D eigenvalue weighted by Crippen LogP contribution is -2.42. The van der Waals surface area contributed by atoms with E-state index in [4.69, 9.17) is 5.73 Å². The maximum Gasteiger partial charge on any atom is 0.00784 e. The lowest BCUT2D eigenvalue weighted by atomic mass is 9.62. The van der Waals surface area contributed by atoms with Crippen LogP contribution in [0.25, 0.3) is 0 Å². The van der Waals surface area contributed by atoms with Crippen LogP contribution in [0.3, 0.4) is 0 Å². The van der Waals surface area contributed by atoms with E-state index in [2.05, 4.69) is 38.1 Å². The van der Waals surface area contributed by atoms with Crippen LogP contribution in [0.15, 0.2) is 24.3 Å². The fourth-order valence-electron chi connectivity index (χ4n) is 2.67. The lowest BCUT2D eigenvalue weighted by Gasteiger charge is -2.43. The van der Waals surface area contributed by atoms with Gasteiger partial charge in [0.2, 0.25) is 0 Å². The Kier molecular flexibility index (Phi) is 2.83. The van der Waals surface area contributed by atoms with Crippen molar-refractivity contribution in [3.05, 3.63) is 35.4 Å². The van der Waals surface area contributed by atoms with Crippen LogP contribution in [0.2, 0.25) is 0 Å². The van der Waals surface area contributed by atoms with Gasteiger partial charge in [0, 0.05) is 12.0 Å². The normalized spacial score (nSPS) is 18.9. The van der Waals surface area contributed by atoms with Crippen LogP contribution in [0.1, 0.15) is 50.2 Å². The molecular formula is C14H21N. The van der Waals surface area contributed by atoms with Gasteiger partial charge in [-0.2, -0.15) is 0 Å². The highest BCUT2D eigenvalue weighted by molar-refractivity contribution is 5.38. The van der Waals surface area contributed by atoms with Crippen LogP contribution in [0.4, 0.5) is 0 Å². The van der Waals surface area contributed by atoms with E-state index in [0.29, 0.717) is 11.3 Å². The molecule has 0 heterocycles. The standard InChI is InChI=1S/C14H21N/c1-11(2)12-6-3-4-7-13(12)14(10-15)8-5-9-14/h3-4,6-7,11H,5,8-10,15H2,1-2H3. The van der Waals surface area contributed by atoms with E-state index < -0.39 is 0 Å². The van der Waals surface area contributed by atoms with E-state index in [-0.39, 0.29) is 0 Å². The van der Waals surface area contributed by atoms with Crippen LogP contribution in [-0.4, -0.2) is 6.54 Å². The minimum Gasteiger partial charge on any atom is -0.330 e. The van der Waals surface area contributed by atoms with Crippen molar-refractivity contribution in [1.82, 2.24) is 0 Å². The first-order chi connectivity index (χ1) is 7.19. The van der Waals surface area contributed by atoms with Crippen LogP contribution in [0, 0.1) is 0 Å². The molecule has 1 fully saturated rings. The third kappa shape index (κ3) is 1.69. The molecule has 1 saturated carbocycles. The van der Waals surface area contributed by atoms with Crippen molar-refractivity contribution in [3.63, 3.8) is 0 Å². The molecular weight excluding hydrogens is 182 g/mol. The predicted octanol–water partition coefficient (Wildman–Crippen LogP) is 3.19. The van der Waals surface area contributed by atoms with E-state index in [9.17, 15) is 0 Å². The summed E-state index contributed by atoms with van der Waals surface area (Å²) in [6.07, 6.45) is 3.88. The number of rotatable bonds is 3. The lowest BCUT2D eigenvalue weighted by molar-refractivity contribution is 0.250. The molecule has 0 atom stereocenters. The van der Waals surface area contributed by atoms with Gasteiger partial charge in [-0.3, -0.25) is 0 Å². The first-order valence-corrected chi connectivity index (χ1v) is 5.99. The molecule has 0 aromatic heterocycles. The van der Waals surface area contributed by atoms with Crippen molar-refractivity contribution in [2.45, 2.75) is 44.4 Å². The number of hydrogen-bond donors (Lipinski definition) is 1. The third-order valence-corrected chi connectivity index (χ3v) is 3.86. The summed E-state index contributed by atoms with van der Waals surface area (Å²) in [6.45, 7) is 5.33. The SMILES string of the molecule is CC(C)c1ccccc1C1(CN)CCC1. The van der Waals surface area contributed by atoms with Gasteiger partial charge in [-0.05, 0) is 29.9 Å². The molecule has 82 valence electrons. The Hall–Kier alpha value is -0.820. The molecule has 0 radical (unpaired) electrons. The number of benzene rings is 1. The van der Waals surface area contributed by atoms with Gasteiger partial charge in [0.15, 0.2) is 0 Å². The Balaban J connectivity index is 2.42. The fourth-order valence-corrected chi connectivity index (χ4v) is 2.67. The van der Waals surface area contributed by atoms with E-state index >= 15 is 0 Å². The van der Waals surface area contributed by atoms with Crippen molar-refractivity contribution in [2.24, 2.45) is 5.73 Å². The summed E-state index contributed by atoms with van der Waals surface area (Å²) < 4.78 is 0. The molecule has 2 N–H and O–H groups in total. The summed E-state index contributed by atoms with van der Waals surface area (Å²) in [4.78, 5) is 0. The highest BCUT2D eigenvalue weighted by Crippen LogP contribution is 2.45. The summed E-state index contributed by atoms with van der Waals surface area (Å²) in [5, 5.41) is 0. The minimum absolute atomic E-state index is 0.306.